The van der Waals surface area contributed by atoms with Gasteiger partial charge in [0, 0.05) is 33.0 Å². The Balaban J connectivity index is 1.35. The molecule has 0 amide bonds. The molecule has 0 saturated heterocycles. The number of para-hydroxylation sites is 4. The molecule has 0 radical (unpaired) electrons. The molecular formula is C42H27NO2. The molecule has 2 aromatic heterocycles. The number of furan rings is 2. The number of nitrogens with zero attached hydrogens (tertiary/aromatic N) is 1. The van der Waals surface area contributed by atoms with E-state index in [0.717, 1.165) is 77.6 Å². The Morgan fingerprint density at radius 1 is 0.378 bits per heavy atom. The van der Waals surface area contributed by atoms with Crippen LogP contribution in [0, 0.1) is 0 Å². The van der Waals surface area contributed by atoms with Crippen LogP contribution in [0.2, 0.25) is 0 Å². The van der Waals surface area contributed by atoms with Crippen LogP contribution in [0.15, 0.2) is 173 Å². The first kappa shape index (κ1) is 25.4. The van der Waals surface area contributed by atoms with E-state index in [4.69, 9.17) is 8.83 Å². The fourth-order valence-electron chi connectivity index (χ4n) is 6.66. The lowest BCUT2D eigenvalue weighted by Gasteiger charge is -2.29. The molecule has 0 unspecified atom stereocenters. The van der Waals surface area contributed by atoms with E-state index in [0.29, 0.717) is 0 Å². The van der Waals surface area contributed by atoms with Crippen LogP contribution in [0.25, 0.3) is 66.1 Å². The van der Waals surface area contributed by atoms with Crippen LogP contribution < -0.4 is 4.90 Å². The largest absolute Gasteiger partial charge is 0.456 e. The zero-order chi connectivity index (χ0) is 29.7. The molecule has 0 saturated carbocycles. The van der Waals surface area contributed by atoms with Gasteiger partial charge in [0.05, 0.1) is 16.8 Å². The predicted molar refractivity (Wildman–Crippen MR) is 187 cm³/mol. The summed E-state index contributed by atoms with van der Waals surface area (Å²) in [5, 5.41) is 4.39. The smallest absolute Gasteiger partial charge is 0.143 e. The van der Waals surface area contributed by atoms with Gasteiger partial charge in [0.25, 0.3) is 0 Å². The van der Waals surface area contributed by atoms with Crippen molar-refractivity contribution in [3.05, 3.63) is 164 Å². The van der Waals surface area contributed by atoms with Crippen molar-refractivity contribution in [1.82, 2.24) is 0 Å². The normalized spacial score (nSPS) is 11.6. The third-order valence-corrected chi connectivity index (χ3v) is 8.67. The number of hydrogen-bond donors (Lipinski definition) is 0. The molecular weight excluding hydrogens is 550 g/mol. The van der Waals surface area contributed by atoms with Gasteiger partial charge in [-0.2, -0.15) is 0 Å². The van der Waals surface area contributed by atoms with E-state index in [1.807, 2.05) is 24.3 Å². The second kappa shape index (κ2) is 10.3. The molecule has 9 rings (SSSR count). The van der Waals surface area contributed by atoms with Gasteiger partial charge in [-0.15, -0.1) is 0 Å². The maximum Gasteiger partial charge on any atom is 0.143 e. The first-order valence-corrected chi connectivity index (χ1v) is 15.2. The van der Waals surface area contributed by atoms with Gasteiger partial charge >= 0.3 is 0 Å². The van der Waals surface area contributed by atoms with Crippen LogP contribution in [-0.2, 0) is 0 Å². The fraction of sp³-hybridized carbons (Fsp3) is 0. The van der Waals surface area contributed by atoms with Crippen LogP contribution >= 0.6 is 0 Å². The summed E-state index contributed by atoms with van der Waals surface area (Å²) in [4.78, 5) is 2.37. The van der Waals surface area contributed by atoms with Crippen LogP contribution in [0.4, 0.5) is 17.1 Å². The molecule has 2 heterocycles. The monoisotopic (exact) mass is 577 g/mol. The summed E-state index contributed by atoms with van der Waals surface area (Å²) in [6.45, 7) is 0. The first-order valence-electron chi connectivity index (χ1n) is 15.2. The molecule has 0 aliphatic carbocycles. The van der Waals surface area contributed by atoms with Crippen molar-refractivity contribution in [1.29, 1.82) is 0 Å². The second-order valence-corrected chi connectivity index (χ2v) is 11.3. The Morgan fingerprint density at radius 3 is 1.87 bits per heavy atom. The maximum atomic E-state index is 6.54. The Kier molecular flexibility index (Phi) is 5.82. The number of fused-ring (bicyclic) bond motifs is 6. The number of hydrogen-bond acceptors (Lipinski definition) is 3. The van der Waals surface area contributed by atoms with E-state index in [1.165, 1.54) is 5.56 Å². The predicted octanol–water partition coefficient (Wildman–Crippen LogP) is 12.3. The lowest BCUT2D eigenvalue weighted by Crippen LogP contribution is -2.11. The second-order valence-electron chi connectivity index (χ2n) is 11.3. The average molecular weight is 578 g/mol. The van der Waals surface area contributed by atoms with Gasteiger partial charge in [-0.3, -0.25) is 0 Å². The summed E-state index contributed by atoms with van der Waals surface area (Å²) in [6.07, 6.45) is 0. The summed E-state index contributed by atoms with van der Waals surface area (Å²) in [5.41, 5.74) is 11.1. The molecule has 0 bridgehead atoms. The minimum atomic E-state index is 0.856. The zero-order valence-corrected chi connectivity index (χ0v) is 24.4. The lowest BCUT2D eigenvalue weighted by molar-refractivity contribution is 0.669. The Hall–Kier alpha value is -6.06. The number of anilines is 3. The number of rotatable bonds is 5. The highest BCUT2D eigenvalue weighted by Gasteiger charge is 2.23. The first-order chi connectivity index (χ1) is 22.3. The topological polar surface area (TPSA) is 29.5 Å². The van der Waals surface area contributed by atoms with E-state index in [9.17, 15) is 0 Å². The van der Waals surface area contributed by atoms with Crippen LogP contribution in [0.5, 0.6) is 0 Å². The standard InChI is InChI=1S/C42H27NO2/c1-2-13-28(14-3-1)29-15-10-16-30(27-29)43(37-23-12-26-40-41(37)35-19-6-9-25-39(35)44-40)36-22-7-4-17-31(36)33-20-11-21-34-32-18-5-8-24-38(32)45-42(33)34/h1-27H. The third kappa shape index (κ3) is 4.13. The van der Waals surface area contributed by atoms with E-state index in [2.05, 4.69) is 144 Å². The number of benzene rings is 7. The molecule has 0 fully saturated rings. The van der Waals surface area contributed by atoms with Crippen molar-refractivity contribution >= 4 is 60.9 Å². The zero-order valence-electron chi connectivity index (χ0n) is 24.4. The molecule has 45 heavy (non-hydrogen) atoms. The van der Waals surface area contributed by atoms with Crippen molar-refractivity contribution < 1.29 is 8.83 Å². The van der Waals surface area contributed by atoms with E-state index < -0.39 is 0 Å². The van der Waals surface area contributed by atoms with Crippen LogP contribution in [-0.4, -0.2) is 0 Å². The Bertz CT molecular complexity index is 2500. The quantitative estimate of drug-likeness (QED) is 0.204. The molecule has 9 aromatic rings. The summed E-state index contributed by atoms with van der Waals surface area (Å²) < 4.78 is 12.9. The fourth-order valence-corrected chi connectivity index (χ4v) is 6.66. The molecule has 3 heteroatoms. The van der Waals surface area contributed by atoms with Crippen LogP contribution in [0.3, 0.4) is 0 Å². The summed E-state index contributed by atoms with van der Waals surface area (Å²) in [5.74, 6) is 0. The Labute approximate surface area is 260 Å². The highest BCUT2D eigenvalue weighted by molar-refractivity contribution is 6.15. The van der Waals surface area contributed by atoms with Gasteiger partial charge in [0.1, 0.15) is 22.3 Å². The minimum Gasteiger partial charge on any atom is -0.456 e. The van der Waals surface area contributed by atoms with Gasteiger partial charge < -0.3 is 13.7 Å². The molecule has 3 nitrogen and oxygen atoms in total. The molecule has 0 atom stereocenters. The summed E-state index contributed by atoms with van der Waals surface area (Å²) >= 11 is 0. The molecule has 0 aliphatic rings. The van der Waals surface area contributed by atoms with Crippen molar-refractivity contribution in [3.63, 3.8) is 0 Å². The van der Waals surface area contributed by atoms with Gasteiger partial charge in [0.2, 0.25) is 0 Å². The van der Waals surface area contributed by atoms with Crippen molar-refractivity contribution in [2.75, 3.05) is 4.90 Å². The van der Waals surface area contributed by atoms with E-state index >= 15 is 0 Å². The molecule has 0 N–H and O–H groups in total. The van der Waals surface area contributed by atoms with Gasteiger partial charge in [0.15, 0.2) is 0 Å². The molecule has 0 aliphatic heterocycles. The average Bonchev–Trinajstić information content (AvgIpc) is 3.68. The van der Waals surface area contributed by atoms with Gasteiger partial charge in [-0.1, -0.05) is 121 Å². The van der Waals surface area contributed by atoms with E-state index in [1.54, 1.807) is 0 Å². The van der Waals surface area contributed by atoms with Gasteiger partial charge in [-0.05, 0) is 53.6 Å². The summed E-state index contributed by atoms with van der Waals surface area (Å²) in [6, 6.07) is 57.2. The highest BCUT2D eigenvalue weighted by Crippen LogP contribution is 2.47. The molecule has 7 aromatic carbocycles. The van der Waals surface area contributed by atoms with Crippen molar-refractivity contribution in [3.8, 4) is 22.3 Å². The SMILES string of the molecule is c1ccc(-c2cccc(N(c3ccccc3-c3cccc4c3oc3ccccc34)c3cccc4oc5ccccc5c34)c2)cc1. The third-order valence-electron chi connectivity index (χ3n) is 8.67. The van der Waals surface area contributed by atoms with Gasteiger partial charge in [-0.25, -0.2) is 0 Å². The lowest BCUT2D eigenvalue weighted by atomic mass is 9.98. The van der Waals surface area contributed by atoms with E-state index in [-0.39, 0.29) is 0 Å². The highest BCUT2D eigenvalue weighted by atomic mass is 16.3. The van der Waals surface area contributed by atoms with Crippen molar-refractivity contribution in [2.45, 2.75) is 0 Å². The van der Waals surface area contributed by atoms with Crippen molar-refractivity contribution in [2.24, 2.45) is 0 Å². The summed E-state index contributed by atoms with van der Waals surface area (Å²) in [7, 11) is 0. The maximum absolute atomic E-state index is 6.54. The Morgan fingerprint density at radius 2 is 0.978 bits per heavy atom. The molecule has 212 valence electrons. The molecule has 0 spiro atoms. The minimum absolute atomic E-state index is 0.856. The van der Waals surface area contributed by atoms with Crippen LogP contribution in [0.1, 0.15) is 0 Å².